The van der Waals surface area contributed by atoms with Crippen LogP contribution in [0.1, 0.15) is 155 Å². The highest BCUT2D eigenvalue weighted by atomic mass is 32.2. The zero-order valence-corrected chi connectivity index (χ0v) is 45.6. The fraction of sp³-hybridized carbons (Fsp3) is 0.649. The first-order valence-corrected chi connectivity index (χ1v) is 29.0. The number of rotatable bonds is 27. The van der Waals surface area contributed by atoms with Gasteiger partial charge in [-0.3, -0.25) is 19.2 Å². The molecule has 1 heterocycles. The Labute approximate surface area is 455 Å². The number of hydrogen-bond donors (Lipinski definition) is 0. The van der Waals surface area contributed by atoms with Crippen LogP contribution >= 0.6 is 23.5 Å². The molecule has 0 N–H and O–H groups in total. The average Bonchev–Trinajstić information content (AvgIpc) is 3.89. The lowest BCUT2D eigenvalue weighted by Crippen LogP contribution is -2.33. The number of ether oxygens (including phenoxy) is 9. The third-order valence-corrected chi connectivity index (χ3v) is 17.1. The van der Waals surface area contributed by atoms with Crippen LogP contribution in [0.4, 0.5) is 0 Å². The molecule has 0 bridgehead atoms. The Morgan fingerprint density at radius 3 is 1.25 bits per heavy atom. The van der Waals surface area contributed by atoms with Gasteiger partial charge in [0.15, 0.2) is 5.57 Å². The molecule has 0 unspecified atom stereocenters. The minimum absolute atomic E-state index is 0.103. The molecule has 0 atom stereocenters. The zero-order valence-electron chi connectivity index (χ0n) is 43.9. The molecule has 0 spiro atoms. The van der Waals surface area contributed by atoms with Gasteiger partial charge in [0.05, 0.1) is 69.7 Å². The molecule has 0 radical (unpaired) electrons. The molecule has 4 fully saturated rings. The molecule has 4 aliphatic carbocycles. The van der Waals surface area contributed by atoms with Crippen molar-refractivity contribution in [1.82, 2.24) is 0 Å². The zero-order chi connectivity index (χ0) is 54.2. The van der Waals surface area contributed by atoms with Gasteiger partial charge in [-0.15, -0.1) is 0 Å². The predicted molar refractivity (Wildman–Crippen MR) is 280 cm³/mol. The Balaban J connectivity index is 0.942. The first-order valence-electron chi connectivity index (χ1n) is 27.4. The van der Waals surface area contributed by atoms with Gasteiger partial charge < -0.3 is 42.6 Å². The monoisotopic (exact) mass is 1090 g/mol. The van der Waals surface area contributed by atoms with Gasteiger partial charge in [-0.1, -0.05) is 43.6 Å². The fourth-order valence-electron chi connectivity index (χ4n) is 10.0. The van der Waals surface area contributed by atoms with Crippen molar-refractivity contribution in [2.24, 2.45) is 23.7 Å². The lowest BCUT2D eigenvalue weighted by atomic mass is 9.86. The maximum absolute atomic E-state index is 13.8. The maximum atomic E-state index is 13.8. The Morgan fingerprint density at radius 2 is 0.882 bits per heavy atom. The summed E-state index contributed by atoms with van der Waals surface area (Å²) in [4.78, 5) is 90.1. The highest BCUT2D eigenvalue weighted by Gasteiger charge is 2.38. The highest BCUT2D eigenvalue weighted by Crippen LogP contribution is 2.59. The molecule has 1 aliphatic heterocycles. The molecule has 0 saturated heterocycles. The molecule has 1 aromatic rings. The summed E-state index contributed by atoms with van der Waals surface area (Å²) in [6.45, 7) is 10.7. The van der Waals surface area contributed by atoms with E-state index >= 15 is 0 Å². The Morgan fingerprint density at radius 1 is 0.513 bits per heavy atom. The van der Waals surface area contributed by atoms with Gasteiger partial charge in [-0.2, -0.15) is 5.26 Å². The Kier molecular flexibility index (Phi) is 25.2. The van der Waals surface area contributed by atoms with E-state index < -0.39 is 41.7 Å². The molecule has 4 saturated carbocycles. The van der Waals surface area contributed by atoms with E-state index in [1.807, 2.05) is 13.0 Å². The topological polar surface area (TPSA) is 226 Å². The summed E-state index contributed by atoms with van der Waals surface area (Å²) in [5.74, 6) is -3.83. The van der Waals surface area contributed by atoms with E-state index in [0.29, 0.717) is 124 Å². The second kappa shape index (κ2) is 31.9. The normalized spacial score (nSPS) is 24.1. The van der Waals surface area contributed by atoms with Crippen molar-refractivity contribution < 1.29 is 76.2 Å². The minimum Gasteiger partial charge on any atom is -0.463 e. The van der Waals surface area contributed by atoms with Gasteiger partial charge in [-0.05, 0) is 160 Å². The van der Waals surface area contributed by atoms with Crippen LogP contribution < -0.4 is 9.47 Å². The van der Waals surface area contributed by atoms with Crippen LogP contribution in [-0.4, -0.2) is 99.2 Å². The summed E-state index contributed by atoms with van der Waals surface area (Å²) in [7, 11) is 0. The summed E-state index contributed by atoms with van der Waals surface area (Å²) in [5, 5.41) is 10.1. The summed E-state index contributed by atoms with van der Waals surface area (Å²) in [6.07, 6.45) is 17.3. The first kappa shape index (κ1) is 60.1. The SMILES string of the molecule is C=CC(=O)OCCCCCOC1CCC(C(=O)OC2CCC(C(=O)Oc3ccc(OC(=O)C4CCC(OC(=O)C5CCC(OCCCCCOC(=O)C=C)CC5)CC4)c4c3SC(=C(C#N)C(=O)OCCC)S4)CC2)CC1. The van der Waals surface area contributed by atoms with E-state index in [1.54, 1.807) is 12.1 Å². The lowest BCUT2D eigenvalue weighted by Gasteiger charge is -2.31. The molecule has 6 rings (SSSR count). The van der Waals surface area contributed by atoms with Crippen LogP contribution in [0.25, 0.3) is 0 Å². The smallest absolute Gasteiger partial charge is 0.350 e. The second-order valence-electron chi connectivity index (χ2n) is 20.1. The fourth-order valence-corrected chi connectivity index (χ4v) is 12.6. The van der Waals surface area contributed by atoms with Gasteiger partial charge >= 0.3 is 41.8 Å². The van der Waals surface area contributed by atoms with Gasteiger partial charge in [0.1, 0.15) is 29.8 Å². The first-order chi connectivity index (χ1) is 36.9. The van der Waals surface area contributed by atoms with Crippen molar-refractivity contribution in [1.29, 1.82) is 5.26 Å². The number of carbonyl (C=O) groups excluding carboxylic acids is 7. The number of benzene rings is 1. The van der Waals surface area contributed by atoms with E-state index in [1.165, 1.54) is 0 Å². The predicted octanol–water partition coefficient (Wildman–Crippen LogP) is 10.5. The molecule has 5 aliphatic rings. The average molecular weight is 1090 g/mol. The van der Waals surface area contributed by atoms with Crippen molar-refractivity contribution >= 4 is 65.3 Å². The van der Waals surface area contributed by atoms with E-state index in [-0.39, 0.29) is 71.9 Å². The molecule has 17 nitrogen and oxygen atoms in total. The van der Waals surface area contributed by atoms with Gasteiger partial charge in [-0.25, -0.2) is 14.4 Å². The van der Waals surface area contributed by atoms with Crippen molar-refractivity contribution in [3.63, 3.8) is 0 Å². The van der Waals surface area contributed by atoms with E-state index in [9.17, 15) is 38.8 Å². The molecule has 1 aromatic carbocycles. The molecule has 416 valence electrons. The second-order valence-corrected chi connectivity index (χ2v) is 22.4. The molecule has 0 amide bonds. The summed E-state index contributed by atoms with van der Waals surface area (Å²) < 4.78 is 51.7. The van der Waals surface area contributed by atoms with Crippen molar-refractivity contribution in [3.8, 4) is 17.6 Å². The largest absolute Gasteiger partial charge is 0.463 e. The lowest BCUT2D eigenvalue weighted by molar-refractivity contribution is -0.160. The van der Waals surface area contributed by atoms with Crippen LogP contribution in [-0.2, 0) is 66.7 Å². The van der Waals surface area contributed by atoms with Crippen LogP contribution in [0.5, 0.6) is 11.5 Å². The van der Waals surface area contributed by atoms with Crippen molar-refractivity contribution in [2.75, 3.05) is 33.0 Å². The summed E-state index contributed by atoms with van der Waals surface area (Å²) in [6, 6.07) is 5.08. The molecular weight excluding hydrogens is 1020 g/mol. The van der Waals surface area contributed by atoms with Crippen LogP contribution in [0, 0.1) is 35.0 Å². The van der Waals surface area contributed by atoms with Crippen LogP contribution in [0.3, 0.4) is 0 Å². The summed E-state index contributed by atoms with van der Waals surface area (Å²) in [5.41, 5.74) is -0.208. The van der Waals surface area contributed by atoms with Crippen molar-refractivity contribution in [3.05, 3.63) is 47.3 Å². The minimum atomic E-state index is -0.779. The Bertz CT molecular complexity index is 2110. The summed E-state index contributed by atoms with van der Waals surface area (Å²) >= 11 is 2.15. The molecule has 76 heavy (non-hydrogen) atoms. The van der Waals surface area contributed by atoms with E-state index in [2.05, 4.69) is 13.2 Å². The number of nitrogens with zero attached hydrogens (tertiary/aromatic N) is 1. The third kappa shape index (κ3) is 18.8. The molecule has 0 aromatic heterocycles. The maximum Gasteiger partial charge on any atom is 0.350 e. The number of unbranched alkanes of at least 4 members (excludes halogenated alkanes) is 4. The molecular formula is C57H75NO16S2. The number of thioether (sulfide) groups is 2. The van der Waals surface area contributed by atoms with Crippen LogP contribution in [0.15, 0.2) is 57.0 Å². The van der Waals surface area contributed by atoms with E-state index in [4.69, 9.17) is 42.6 Å². The Hall–Kier alpha value is -5.16. The van der Waals surface area contributed by atoms with Crippen molar-refractivity contribution in [2.45, 2.75) is 189 Å². The number of nitriles is 1. The molecule has 19 heteroatoms. The number of carbonyl (C=O) groups is 7. The third-order valence-electron chi connectivity index (χ3n) is 14.5. The van der Waals surface area contributed by atoms with Gasteiger partial charge in [0.2, 0.25) is 0 Å². The standard InChI is InChI=1S/C57H75NO16S2/c1-4-31-70-56(65)45(36-58)57-75-50-46(73-54(63)39-17-25-43(26-18-39)71-52(61)37-13-21-41(22-14-37)66-32-9-7-11-34-68-48(59)5-2)29-30-47(51(50)76-57)74-55(64)40-19-27-44(28-20-40)72-53(62)38-15-23-42(24-16-38)67-33-10-8-12-35-69-49(60)6-3/h5-6,29-30,37-44H,2-4,7-28,31-35H2,1H3. The number of esters is 7. The quantitative estimate of drug-likeness (QED) is 0.0199. The number of hydrogen-bond acceptors (Lipinski definition) is 19. The highest BCUT2D eigenvalue weighted by molar-refractivity contribution is 8.24. The van der Waals surface area contributed by atoms with Gasteiger partial charge in [0.25, 0.3) is 0 Å². The van der Waals surface area contributed by atoms with E-state index in [0.717, 1.165) is 99.9 Å². The van der Waals surface area contributed by atoms with Gasteiger partial charge in [0, 0.05) is 25.4 Å². The number of fused-ring (bicyclic) bond motifs is 1. The van der Waals surface area contributed by atoms with Crippen LogP contribution in [0.2, 0.25) is 0 Å².